The highest BCUT2D eigenvalue weighted by atomic mass is 16.5. The lowest BCUT2D eigenvalue weighted by Gasteiger charge is -2.33. The topological polar surface area (TPSA) is 61.8 Å². The Bertz CT molecular complexity index is 442. The van der Waals surface area contributed by atoms with Crippen molar-refractivity contribution < 1.29 is 14.6 Å². The summed E-state index contributed by atoms with van der Waals surface area (Å²) in [4.78, 5) is 13.9. The fourth-order valence-corrected chi connectivity index (χ4v) is 2.75. The van der Waals surface area contributed by atoms with Gasteiger partial charge in [0.15, 0.2) is 0 Å². The molecular weight excluding hydrogens is 280 g/mol. The van der Waals surface area contributed by atoms with Gasteiger partial charge < -0.3 is 20.1 Å². The summed E-state index contributed by atoms with van der Waals surface area (Å²) in [5.74, 6) is 0.417. The lowest BCUT2D eigenvalue weighted by Crippen LogP contribution is -2.41. The van der Waals surface area contributed by atoms with Gasteiger partial charge in [0.25, 0.3) is 0 Å². The molecule has 1 atom stereocenters. The Morgan fingerprint density at radius 3 is 2.68 bits per heavy atom. The highest BCUT2D eigenvalue weighted by Gasteiger charge is 2.22. The predicted octanol–water partition coefficient (Wildman–Crippen LogP) is 2.01. The number of ether oxygens (including phenoxy) is 1. The van der Waals surface area contributed by atoms with Crippen LogP contribution in [-0.2, 0) is 11.3 Å². The zero-order chi connectivity index (χ0) is 15.8. The first-order chi connectivity index (χ1) is 10.6. The number of benzene rings is 1. The molecule has 5 nitrogen and oxygen atoms in total. The molecule has 1 heterocycles. The highest BCUT2D eigenvalue weighted by Crippen LogP contribution is 2.19. The molecule has 1 saturated heterocycles. The first kappa shape index (κ1) is 16.8. The minimum absolute atomic E-state index is 0.215. The van der Waals surface area contributed by atoms with Gasteiger partial charge in [-0.15, -0.1) is 0 Å². The number of rotatable bonds is 6. The second kappa shape index (κ2) is 8.76. The molecule has 2 rings (SSSR count). The average Bonchev–Trinajstić information content (AvgIpc) is 2.54. The van der Waals surface area contributed by atoms with E-state index in [9.17, 15) is 9.90 Å². The second-order valence-electron chi connectivity index (χ2n) is 5.91. The molecule has 0 radical (unpaired) electrons. The van der Waals surface area contributed by atoms with Gasteiger partial charge in [0, 0.05) is 13.1 Å². The summed E-state index contributed by atoms with van der Waals surface area (Å²) < 4.78 is 5.16. The van der Waals surface area contributed by atoms with Gasteiger partial charge in [-0.2, -0.15) is 0 Å². The zero-order valence-corrected chi connectivity index (χ0v) is 13.2. The Morgan fingerprint density at radius 2 is 2.05 bits per heavy atom. The van der Waals surface area contributed by atoms with Gasteiger partial charge >= 0.3 is 6.09 Å². The number of carbonyl (C=O) groups excluding carboxylic acids is 1. The molecule has 22 heavy (non-hydrogen) atoms. The number of likely N-dealkylation sites (tertiary alicyclic amines) is 1. The lowest BCUT2D eigenvalue weighted by atomic mass is 9.92. The van der Waals surface area contributed by atoms with Crippen LogP contribution in [0.3, 0.4) is 0 Å². The van der Waals surface area contributed by atoms with E-state index >= 15 is 0 Å². The van der Waals surface area contributed by atoms with Crippen molar-refractivity contribution in [2.75, 3.05) is 26.2 Å². The fourth-order valence-electron chi connectivity index (χ4n) is 2.75. The van der Waals surface area contributed by atoms with Gasteiger partial charge in [-0.1, -0.05) is 30.3 Å². The number of amides is 1. The van der Waals surface area contributed by atoms with Crippen LogP contribution in [0.1, 0.15) is 25.3 Å². The third-order valence-corrected chi connectivity index (χ3v) is 4.22. The summed E-state index contributed by atoms with van der Waals surface area (Å²) in [5, 5.41) is 12.4. The number of aliphatic hydroxyl groups is 1. The van der Waals surface area contributed by atoms with Gasteiger partial charge in [-0.3, -0.25) is 0 Å². The quantitative estimate of drug-likeness (QED) is 0.844. The molecule has 1 aliphatic heterocycles. The third-order valence-electron chi connectivity index (χ3n) is 4.22. The average molecular weight is 306 g/mol. The molecule has 0 aromatic heterocycles. The smallest absolute Gasteiger partial charge is 0.407 e. The van der Waals surface area contributed by atoms with E-state index in [1.807, 2.05) is 37.3 Å². The number of hydrogen-bond donors (Lipinski definition) is 2. The molecule has 1 amide bonds. The van der Waals surface area contributed by atoms with Gasteiger partial charge in [0.2, 0.25) is 0 Å². The Morgan fingerprint density at radius 1 is 1.36 bits per heavy atom. The molecular formula is C17H26N2O3. The molecule has 0 bridgehead atoms. The summed E-state index contributed by atoms with van der Waals surface area (Å²) >= 11 is 0. The van der Waals surface area contributed by atoms with Gasteiger partial charge in [0.05, 0.1) is 6.10 Å². The second-order valence-corrected chi connectivity index (χ2v) is 5.91. The molecule has 1 aliphatic rings. The number of piperidine rings is 1. The molecule has 1 fully saturated rings. The van der Waals surface area contributed by atoms with E-state index in [1.165, 1.54) is 0 Å². The van der Waals surface area contributed by atoms with Crippen LogP contribution in [0.2, 0.25) is 0 Å². The van der Waals surface area contributed by atoms with Gasteiger partial charge in [0.1, 0.15) is 6.61 Å². The van der Waals surface area contributed by atoms with Crippen LogP contribution in [0, 0.1) is 5.92 Å². The first-order valence-electron chi connectivity index (χ1n) is 8.00. The van der Waals surface area contributed by atoms with E-state index in [0.29, 0.717) is 19.1 Å². The van der Waals surface area contributed by atoms with Crippen LogP contribution in [0.4, 0.5) is 4.79 Å². The first-order valence-corrected chi connectivity index (χ1v) is 8.00. The van der Waals surface area contributed by atoms with Gasteiger partial charge in [-0.25, -0.2) is 4.79 Å². The highest BCUT2D eigenvalue weighted by molar-refractivity contribution is 5.67. The van der Waals surface area contributed by atoms with Crippen molar-refractivity contribution in [3.63, 3.8) is 0 Å². The van der Waals surface area contributed by atoms with Gasteiger partial charge in [-0.05, 0) is 44.3 Å². The van der Waals surface area contributed by atoms with Crippen molar-refractivity contribution >= 4 is 6.09 Å². The predicted molar refractivity (Wildman–Crippen MR) is 85.5 cm³/mol. The SMILES string of the molecule is CC(O)C1CCN(CCNC(=O)OCc2ccccc2)CC1. The Labute approximate surface area is 132 Å². The summed E-state index contributed by atoms with van der Waals surface area (Å²) in [6.45, 7) is 5.55. The Hall–Kier alpha value is -1.59. The summed E-state index contributed by atoms with van der Waals surface area (Å²) in [6.07, 6.45) is 1.46. The van der Waals surface area contributed by atoms with E-state index in [-0.39, 0.29) is 12.2 Å². The molecule has 0 aliphatic carbocycles. The molecule has 1 aromatic rings. The van der Waals surface area contributed by atoms with Crippen molar-refractivity contribution in [2.24, 2.45) is 5.92 Å². The number of nitrogens with one attached hydrogen (secondary N) is 1. The Kier molecular flexibility index (Phi) is 6.68. The normalized spacial score (nSPS) is 17.9. The molecule has 2 N–H and O–H groups in total. The van der Waals surface area contributed by atoms with E-state index in [0.717, 1.165) is 38.0 Å². The molecule has 5 heteroatoms. The maximum absolute atomic E-state index is 11.6. The molecule has 0 saturated carbocycles. The largest absolute Gasteiger partial charge is 0.445 e. The monoisotopic (exact) mass is 306 g/mol. The minimum atomic E-state index is -0.372. The van der Waals surface area contributed by atoms with Crippen molar-refractivity contribution in [3.8, 4) is 0 Å². The lowest BCUT2D eigenvalue weighted by molar-refractivity contribution is 0.0719. The van der Waals surface area contributed by atoms with Crippen molar-refractivity contribution in [1.82, 2.24) is 10.2 Å². The summed E-state index contributed by atoms with van der Waals surface area (Å²) in [6, 6.07) is 9.64. The van der Waals surface area contributed by atoms with Crippen molar-refractivity contribution in [1.29, 1.82) is 0 Å². The Balaban J connectivity index is 1.56. The fraction of sp³-hybridized carbons (Fsp3) is 0.588. The van der Waals surface area contributed by atoms with E-state index in [2.05, 4.69) is 10.2 Å². The van der Waals surface area contributed by atoms with E-state index in [4.69, 9.17) is 4.74 Å². The van der Waals surface area contributed by atoms with Crippen LogP contribution in [0.15, 0.2) is 30.3 Å². The van der Waals surface area contributed by atoms with Crippen LogP contribution in [0.25, 0.3) is 0 Å². The van der Waals surface area contributed by atoms with E-state index < -0.39 is 0 Å². The summed E-state index contributed by atoms with van der Waals surface area (Å²) in [5.41, 5.74) is 0.984. The van der Waals surface area contributed by atoms with Crippen LogP contribution in [-0.4, -0.2) is 48.4 Å². The van der Waals surface area contributed by atoms with Crippen LogP contribution >= 0.6 is 0 Å². The maximum atomic E-state index is 11.6. The third kappa shape index (κ3) is 5.66. The molecule has 1 unspecified atom stereocenters. The molecule has 1 aromatic carbocycles. The number of alkyl carbamates (subject to hydrolysis) is 1. The zero-order valence-electron chi connectivity index (χ0n) is 13.2. The van der Waals surface area contributed by atoms with Crippen LogP contribution in [0.5, 0.6) is 0 Å². The number of aliphatic hydroxyl groups excluding tert-OH is 1. The maximum Gasteiger partial charge on any atom is 0.407 e. The van der Waals surface area contributed by atoms with E-state index in [1.54, 1.807) is 0 Å². The number of hydrogen-bond acceptors (Lipinski definition) is 4. The van der Waals surface area contributed by atoms with Crippen molar-refractivity contribution in [3.05, 3.63) is 35.9 Å². The summed E-state index contributed by atoms with van der Waals surface area (Å²) in [7, 11) is 0. The molecule has 0 spiro atoms. The minimum Gasteiger partial charge on any atom is -0.445 e. The van der Waals surface area contributed by atoms with Crippen LogP contribution < -0.4 is 5.32 Å². The van der Waals surface area contributed by atoms with Crippen molar-refractivity contribution in [2.45, 2.75) is 32.5 Å². The standard InChI is InChI=1S/C17H26N2O3/c1-14(20)16-7-10-19(11-8-16)12-9-18-17(21)22-13-15-5-3-2-4-6-15/h2-6,14,16,20H,7-13H2,1H3,(H,18,21). The number of carbonyl (C=O) groups is 1. The molecule has 122 valence electrons. The number of nitrogens with zero attached hydrogens (tertiary/aromatic N) is 1.